The molecule has 1 unspecified atom stereocenters. The number of nitrogens with zero attached hydrogens (tertiary/aromatic N) is 1. The number of fused-ring (bicyclic) bond motifs is 1. The molecule has 1 amide bonds. The molecule has 9 N–H and O–H groups in total. The van der Waals surface area contributed by atoms with Crippen LogP contribution in [0.3, 0.4) is 0 Å². The SMILES string of the molecule is NC1Cc2ccccc2CN(CC(=O)O)C1=O.NN.O. The summed E-state index contributed by atoms with van der Waals surface area (Å²) in [7, 11) is 0. The Balaban J connectivity index is 0.00000115. The van der Waals surface area contributed by atoms with Crippen molar-refractivity contribution in [1.29, 1.82) is 0 Å². The van der Waals surface area contributed by atoms with E-state index in [2.05, 4.69) is 11.7 Å². The third-order valence-electron chi connectivity index (χ3n) is 2.87. The van der Waals surface area contributed by atoms with Gasteiger partial charge in [-0.1, -0.05) is 24.3 Å². The van der Waals surface area contributed by atoms with E-state index in [0.717, 1.165) is 11.1 Å². The molecule has 112 valence electrons. The average Bonchev–Trinajstić information content (AvgIpc) is 2.51. The van der Waals surface area contributed by atoms with Gasteiger partial charge in [-0.05, 0) is 17.5 Å². The van der Waals surface area contributed by atoms with Crippen molar-refractivity contribution in [2.75, 3.05) is 6.54 Å². The van der Waals surface area contributed by atoms with Crippen LogP contribution in [0.2, 0.25) is 0 Å². The third-order valence-corrected chi connectivity index (χ3v) is 2.87. The quantitative estimate of drug-likeness (QED) is 0.361. The van der Waals surface area contributed by atoms with Crippen LogP contribution in [-0.4, -0.2) is 39.9 Å². The number of aliphatic carboxylic acids is 1. The lowest BCUT2D eigenvalue weighted by Crippen LogP contribution is -2.44. The highest BCUT2D eigenvalue weighted by Gasteiger charge is 2.27. The first-order valence-electron chi connectivity index (χ1n) is 5.74. The summed E-state index contributed by atoms with van der Waals surface area (Å²) < 4.78 is 0. The van der Waals surface area contributed by atoms with Crippen molar-refractivity contribution in [2.24, 2.45) is 17.4 Å². The predicted octanol–water partition coefficient (Wildman–Crippen LogP) is -2.02. The first-order valence-corrected chi connectivity index (χ1v) is 5.74. The fourth-order valence-corrected chi connectivity index (χ4v) is 2.05. The Hall–Kier alpha value is -2.00. The number of carbonyl (C=O) groups excluding carboxylic acids is 1. The van der Waals surface area contributed by atoms with E-state index in [1.165, 1.54) is 4.90 Å². The molecule has 2 rings (SSSR count). The van der Waals surface area contributed by atoms with Gasteiger partial charge >= 0.3 is 5.97 Å². The molecule has 1 heterocycles. The number of carbonyl (C=O) groups is 2. The molecule has 20 heavy (non-hydrogen) atoms. The number of amides is 1. The fraction of sp³-hybridized carbons (Fsp3) is 0.333. The van der Waals surface area contributed by atoms with E-state index in [1.54, 1.807) is 0 Å². The zero-order valence-corrected chi connectivity index (χ0v) is 11.0. The van der Waals surface area contributed by atoms with Gasteiger partial charge in [-0.25, -0.2) is 0 Å². The van der Waals surface area contributed by atoms with Crippen LogP contribution in [0.15, 0.2) is 24.3 Å². The van der Waals surface area contributed by atoms with E-state index >= 15 is 0 Å². The van der Waals surface area contributed by atoms with Crippen LogP contribution in [0.1, 0.15) is 11.1 Å². The summed E-state index contributed by atoms with van der Waals surface area (Å²) >= 11 is 0. The molecular weight excluding hydrogens is 264 g/mol. The van der Waals surface area contributed by atoms with Crippen molar-refractivity contribution >= 4 is 11.9 Å². The summed E-state index contributed by atoms with van der Waals surface area (Å²) in [5.41, 5.74) is 7.76. The van der Waals surface area contributed by atoms with E-state index in [4.69, 9.17) is 10.8 Å². The molecule has 1 aliphatic heterocycles. The van der Waals surface area contributed by atoms with Crippen molar-refractivity contribution in [3.8, 4) is 0 Å². The lowest BCUT2D eigenvalue weighted by molar-refractivity contribution is -0.145. The number of hydrazine groups is 1. The molecule has 8 nitrogen and oxygen atoms in total. The van der Waals surface area contributed by atoms with E-state index in [-0.39, 0.29) is 17.9 Å². The number of rotatable bonds is 2. The number of hydrogen-bond donors (Lipinski definition) is 4. The maximum absolute atomic E-state index is 11.9. The molecule has 1 aromatic carbocycles. The van der Waals surface area contributed by atoms with Crippen LogP contribution < -0.4 is 17.4 Å². The van der Waals surface area contributed by atoms with Gasteiger partial charge in [0.2, 0.25) is 5.91 Å². The predicted molar refractivity (Wildman–Crippen MR) is 73.2 cm³/mol. The molecule has 1 aromatic rings. The van der Waals surface area contributed by atoms with Crippen LogP contribution in [0.4, 0.5) is 0 Å². The normalized spacial score (nSPS) is 17.1. The van der Waals surface area contributed by atoms with E-state index < -0.39 is 12.0 Å². The topological polar surface area (TPSA) is 167 Å². The standard InChI is InChI=1S/C12H14N2O3.H4N2.H2O/c13-10-5-8-3-1-2-4-9(8)6-14(12(10)17)7-11(15)16;1-2;/h1-4,10H,5-7,13H2,(H,15,16);1-2H2;1H2. The first-order chi connectivity index (χ1) is 9.08. The second-order valence-electron chi connectivity index (χ2n) is 4.17. The molecule has 0 saturated carbocycles. The number of benzene rings is 1. The molecule has 0 saturated heterocycles. The van der Waals surface area contributed by atoms with Crippen molar-refractivity contribution in [2.45, 2.75) is 19.0 Å². The van der Waals surface area contributed by atoms with Gasteiger partial charge in [0.1, 0.15) is 6.54 Å². The highest BCUT2D eigenvalue weighted by Crippen LogP contribution is 2.18. The Kier molecular flexibility index (Phi) is 7.40. The minimum Gasteiger partial charge on any atom is -0.480 e. The summed E-state index contributed by atoms with van der Waals surface area (Å²) in [6.07, 6.45) is 0.463. The van der Waals surface area contributed by atoms with Gasteiger partial charge in [-0.15, -0.1) is 0 Å². The van der Waals surface area contributed by atoms with E-state index in [9.17, 15) is 9.59 Å². The lowest BCUT2D eigenvalue weighted by Gasteiger charge is -2.20. The number of carboxylic acids is 1. The highest BCUT2D eigenvalue weighted by atomic mass is 16.4. The fourth-order valence-electron chi connectivity index (χ4n) is 2.05. The van der Waals surface area contributed by atoms with Crippen LogP contribution in [0.25, 0.3) is 0 Å². The molecule has 0 fully saturated rings. The van der Waals surface area contributed by atoms with Crippen molar-refractivity contribution in [1.82, 2.24) is 4.90 Å². The molecule has 8 heteroatoms. The smallest absolute Gasteiger partial charge is 0.323 e. The van der Waals surface area contributed by atoms with Crippen LogP contribution in [0.5, 0.6) is 0 Å². The summed E-state index contributed by atoms with van der Waals surface area (Å²) in [5.74, 6) is 6.67. The minimum absolute atomic E-state index is 0. The van der Waals surface area contributed by atoms with Crippen LogP contribution >= 0.6 is 0 Å². The maximum Gasteiger partial charge on any atom is 0.323 e. The third kappa shape index (κ3) is 4.28. The second-order valence-corrected chi connectivity index (χ2v) is 4.17. The Morgan fingerprint density at radius 3 is 2.40 bits per heavy atom. The largest absolute Gasteiger partial charge is 0.480 e. The summed E-state index contributed by atoms with van der Waals surface area (Å²) in [5, 5.41) is 8.77. The average molecular weight is 284 g/mol. The molecule has 0 radical (unpaired) electrons. The van der Waals surface area contributed by atoms with E-state index in [1.807, 2.05) is 24.3 Å². The molecule has 1 aliphatic rings. The Labute approximate surface area is 116 Å². The van der Waals surface area contributed by atoms with Gasteiger partial charge in [0.05, 0.1) is 6.04 Å². The molecule has 0 aliphatic carbocycles. The summed E-state index contributed by atoms with van der Waals surface area (Å²) in [6, 6.07) is 6.93. The van der Waals surface area contributed by atoms with E-state index in [0.29, 0.717) is 13.0 Å². The number of hydrogen-bond acceptors (Lipinski definition) is 5. The maximum atomic E-state index is 11.9. The Bertz CT molecular complexity index is 467. The Morgan fingerprint density at radius 2 is 1.85 bits per heavy atom. The van der Waals surface area contributed by atoms with Gasteiger partial charge in [-0.2, -0.15) is 0 Å². The van der Waals surface area contributed by atoms with Gasteiger partial charge < -0.3 is 21.2 Å². The van der Waals surface area contributed by atoms with Gasteiger partial charge in [-0.3, -0.25) is 21.3 Å². The molecule has 0 bridgehead atoms. The van der Waals surface area contributed by atoms with Crippen molar-refractivity contribution in [3.05, 3.63) is 35.4 Å². The lowest BCUT2D eigenvalue weighted by atomic mass is 10.0. The van der Waals surface area contributed by atoms with Gasteiger partial charge in [0.15, 0.2) is 0 Å². The minimum atomic E-state index is -1.02. The van der Waals surface area contributed by atoms with Crippen LogP contribution in [-0.2, 0) is 22.6 Å². The highest BCUT2D eigenvalue weighted by molar-refractivity contribution is 5.86. The summed E-state index contributed by atoms with van der Waals surface area (Å²) in [6.45, 7) is 0.00980. The number of nitrogens with two attached hydrogens (primary N) is 3. The molecule has 0 spiro atoms. The second kappa shape index (κ2) is 8.23. The molecule has 0 aromatic heterocycles. The van der Waals surface area contributed by atoms with Crippen molar-refractivity contribution < 1.29 is 20.2 Å². The van der Waals surface area contributed by atoms with Gasteiger partial charge in [0.25, 0.3) is 0 Å². The molecule has 1 atom stereocenters. The summed E-state index contributed by atoms with van der Waals surface area (Å²) in [4.78, 5) is 23.9. The van der Waals surface area contributed by atoms with Gasteiger partial charge in [0, 0.05) is 6.54 Å². The molecular formula is C12H20N4O4. The van der Waals surface area contributed by atoms with Crippen LogP contribution in [0, 0.1) is 0 Å². The zero-order chi connectivity index (χ0) is 14.4. The first kappa shape index (κ1) is 18.0. The zero-order valence-electron chi connectivity index (χ0n) is 11.0. The Morgan fingerprint density at radius 1 is 1.30 bits per heavy atom. The number of carboxylic acid groups (broad SMARTS) is 1. The monoisotopic (exact) mass is 284 g/mol. The van der Waals surface area contributed by atoms with Crippen molar-refractivity contribution in [3.63, 3.8) is 0 Å².